The van der Waals surface area contributed by atoms with Gasteiger partial charge in [0.25, 0.3) is 0 Å². The maximum atomic E-state index is 11.9. The first kappa shape index (κ1) is 17.2. The number of carbonyl (C=O) groups excluding carboxylic acids is 1. The van der Waals surface area contributed by atoms with Crippen LogP contribution >= 0.6 is 0 Å². The number of methoxy groups -OCH3 is 1. The van der Waals surface area contributed by atoms with Crippen LogP contribution in [-0.2, 0) is 11.3 Å². The van der Waals surface area contributed by atoms with Gasteiger partial charge in [0.05, 0.1) is 18.4 Å². The molecule has 3 aromatic rings. The molecule has 0 aliphatic heterocycles. The van der Waals surface area contributed by atoms with E-state index in [0.717, 1.165) is 5.56 Å². The number of ether oxygens (including phenoxy) is 1. The third kappa shape index (κ3) is 3.89. The van der Waals surface area contributed by atoms with Crippen molar-refractivity contribution in [3.8, 4) is 0 Å². The number of nitrogen functional groups attached to an aromatic ring is 1. The molecule has 0 atom stereocenters. The van der Waals surface area contributed by atoms with Crippen LogP contribution in [0.4, 0.5) is 23.0 Å². The van der Waals surface area contributed by atoms with Crippen molar-refractivity contribution in [1.29, 1.82) is 0 Å². The second-order valence-electron chi connectivity index (χ2n) is 5.49. The molecule has 0 fully saturated rings. The van der Waals surface area contributed by atoms with Gasteiger partial charge in [0.15, 0.2) is 11.6 Å². The van der Waals surface area contributed by atoms with Crippen LogP contribution < -0.4 is 16.4 Å². The maximum Gasteiger partial charge on any atom is 0.339 e. The highest BCUT2D eigenvalue weighted by Crippen LogP contribution is 2.28. The van der Waals surface area contributed by atoms with Crippen molar-refractivity contribution >= 4 is 29.0 Å². The van der Waals surface area contributed by atoms with Crippen LogP contribution in [0.3, 0.4) is 0 Å². The number of aromatic nitrogens is 2. The highest BCUT2D eigenvalue weighted by Gasteiger charge is 2.14. The molecule has 0 spiro atoms. The summed E-state index contributed by atoms with van der Waals surface area (Å²) < 4.78 is 4.80. The Balaban J connectivity index is 1.81. The summed E-state index contributed by atoms with van der Waals surface area (Å²) in [5.41, 5.74) is 8.61. The van der Waals surface area contributed by atoms with E-state index in [9.17, 15) is 4.79 Å². The van der Waals surface area contributed by atoms with Gasteiger partial charge in [-0.15, -0.1) is 0 Å². The zero-order valence-electron chi connectivity index (χ0n) is 14.3. The fraction of sp³-hybridized carbons (Fsp3) is 0.105. The number of nitrogens with two attached hydrogens (primary N) is 1. The summed E-state index contributed by atoms with van der Waals surface area (Å²) in [6.07, 6.45) is 1.41. The predicted octanol–water partition coefficient (Wildman–Crippen LogP) is 3.20. The average molecular weight is 349 g/mol. The summed E-state index contributed by atoms with van der Waals surface area (Å²) in [5.74, 6) is 0.483. The van der Waals surface area contributed by atoms with Gasteiger partial charge < -0.3 is 21.1 Å². The number of anilines is 4. The molecule has 132 valence electrons. The van der Waals surface area contributed by atoms with E-state index in [4.69, 9.17) is 10.5 Å². The molecule has 0 saturated heterocycles. The number of hydrogen-bond donors (Lipinski definition) is 3. The van der Waals surface area contributed by atoms with E-state index >= 15 is 0 Å². The highest BCUT2D eigenvalue weighted by atomic mass is 16.5. The zero-order valence-corrected chi connectivity index (χ0v) is 14.3. The lowest BCUT2D eigenvalue weighted by molar-refractivity contribution is 0.0602. The van der Waals surface area contributed by atoms with Gasteiger partial charge in [0.2, 0.25) is 0 Å². The summed E-state index contributed by atoms with van der Waals surface area (Å²) in [4.78, 5) is 20.3. The van der Waals surface area contributed by atoms with E-state index < -0.39 is 5.97 Å². The molecule has 0 radical (unpaired) electrons. The molecule has 3 rings (SSSR count). The smallest absolute Gasteiger partial charge is 0.339 e. The van der Waals surface area contributed by atoms with Gasteiger partial charge in [-0.1, -0.05) is 42.5 Å². The maximum absolute atomic E-state index is 11.9. The minimum atomic E-state index is -0.442. The van der Waals surface area contributed by atoms with Crippen LogP contribution in [0.25, 0.3) is 0 Å². The fourth-order valence-corrected chi connectivity index (χ4v) is 2.43. The molecule has 0 amide bonds. The number of hydrogen-bond acceptors (Lipinski definition) is 7. The second-order valence-corrected chi connectivity index (χ2v) is 5.49. The Morgan fingerprint density at radius 1 is 1.04 bits per heavy atom. The Kier molecular flexibility index (Phi) is 5.28. The summed E-state index contributed by atoms with van der Waals surface area (Å²) in [6, 6.07) is 16.9. The van der Waals surface area contributed by atoms with Crippen molar-refractivity contribution in [1.82, 2.24) is 9.97 Å². The standard InChI is InChI=1S/C19H19N5O2/c1-26-19(25)14-9-5-6-10-15(14)24-18-16(20)17(22-12-23-18)21-11-13-7-3-2-4-8-13/h2-10,12H,11,20H2,1H3,(H2,21,22,23,24). The molecule has 4 N–H and O–H groups in total. The molecule has 1 heterocycles. The molecule has 26 heavy (non-hydrogen) atoms. The van der Waals surface area contributed by atoms with Crippen molar-refractivity contribution in [3.05, 3.63) is 72.1 Å². The van der Waals surface area contributed by atoms with E-state index in [1.54, 1.807) is 24.3 Å². The molecule has 0 unspecified atom stereocenters. The Hall–Kier alpha value is -3.61. The zero-order chi connectivity index (χ0) is 18.4. The monoisotopic (exact) mass is 349 g/mol. The molecule has 0 bridgehead atoms. The number of carbonyl (C=O) groups is 1. The molecule has 7 nitrogen and oxygen atoms in total. The number of nitrogens with one attached hydrogen (secondary N) is 2. The van der Waals surface area contributed by atoms with Crippen molar-refractivity contribution in [2.45, 2.75) is 6.54 Å². The lowest BCUT2D eigenvalue weighted by Crippen LogP contribution is -2.10. The summed E-state index contributed by atoms with van der Waals surface area (Å²) >= 11 is 0. The first-order valence-electron chi connectivity index (χ1n) is 8.01. The Morgan fingerprint density at radius 2 is 1.73 bits per heavy atom. The SMILES string of the molecule is COC(=O)c1ccccc1Nc1ncnc(NCc2ccccc2)c1N. The minimum absolute atomic E-state index is 0.364. The van der Waals surface area contributed by atoms with Gasteiger partial charge in [0.1, 0.15) is 12.0 Å². The van der Waals surface area contributed by atoms with E-state index in [1.165, 1.54) is 13.4 Å². The summed E-state index contributed by atoms with van der Waals surface area (Å²) in [5, 5.41) is 6.27. The van der Waals surface area contributed by atoms with E-state index in [0.29, 0.717) is 35.1 Å². The average Bonchev–Trinajstić information content (AvgIpc) is 2.69. The van der Waals surface area contributed by atoms with Crippen molar-refractivity contribution in [3.63, 3.8) is 0 Å². The molecule has 1 aromatic heterocycles. The number of benzene rings is 2. The first-order chi connectivity index (χ1) is 12.7. The van der Waals surface area contributed by atoms with Gasteiger partial charge in [-0.25, -0.2) is 14.8 Å². The molecular formula is C19H19N5O2. The third-order valence-corrected chi connectivity index (χ3v) is 3.77. The van der Waals surface area contributed by atoms with Gasteiger partial charge in [-0.3, -0.25) is 0 Å². The van der Waals surface area contributed by atoms with Crippen LogP contribution in [-0.4, -0.2) is 23.0 Å². The fourth-order valence-electron chi connectivity index (χ4n) is 2.43. The third-order valence-electron chi connectivity index (χ3n) is 3.77. The highest BCUT2D eigenvalue weighted by molar-refractivity contribution is 5.97. The number of esters is 1. The van der Waals surface area contributed by atoms with Crippen molar-refractivity contribution < 1.29 is 9.53 Å². The number of para-hydroxylation sites is 1. The molecule has 7 heteroatoms. The largest absolute Gasteiger partial charge is 0.465 e. The molecule has 0 aliphatic rings. The van der Waals surface area contributed by atoms with Crippen LogP contribution in [0.1, 0.15) is 15.9 Å². The summed E-state index contributed by atoms with van der Waals surface area (Å²) in [6.45, 7) is 0.584. The number of rotatable bonds is 6. The van der Waals surface area contributed by atoms with Gasteiger partial charge in [-0.2, -0.15) is 0 Å². The quantitative estimate of drug-likeness (QED) is 0.587. The topological polar surface area (TPSA) is 102 Å². The Labute approximate surface area is 151 Å². The summed E-state index contributed by atoms with van der Waals surface area (Å²) in [7, 11) is 1.34. The first-order valence-corrected chi connectivity index (χ1v) is 8.01. The van der Waals surface area contributed by atoms with Crippen LogP contribution in [0.5, 0.6) is 0 Å². The molecular weight excluding hydrogens is 330 g/mol. The normalized spacial score (nSPS) is 10.2. The molecule has 0 saturated carbocycles. The predicted molar refractivity (Wildman–Crippen MR) is 101 cm³/mol. The van der Waals surface area contributed by atoms with Crippen LogP contribution in [0.2, 0.25) is 0 Å². The lowest BCUT2D eigenvalue weighted by Gasteiger charge is -2.14. The minimum Gasteiger partial charge on any atom is -0.465 e. The number of nitrogens with zero attached hydrogens (tertiary/aromatic N) is 2. The Morgan fingerprint density at radius 3 is 2.50 bits per heavy atom. The van der Waals surface area contributed by atoms with E-state index in [-0.39, 0.29) is 0 Å². The van der Waals surface area contributed by atoms with Gasteiger partial charge in [-0.05, 0) is 17.7 Å². The van der Waals surface area contributed by atoms with Crippen LogP contribution in [0, 0.1) is 0 Å². The van der Waals surface area contributed by atoms with Crippen LogP contribution in [0.15, 0.2) is 60.9 Å². The van der Waals surface area contributed by atoms with E-state index in [2.05, 4.69) is 20.6 Å². The lowest BCUT2D eigenvalue weighted by atomic mass is 10.2. The van der Waals surface area contributed by atoms with Gasteiger partial charge >= 0.3 is 5.97 Å². The molecule has 2 aromatic carbocycles. The van der Waals surface area contributed by atoms with E-state index in [1.807, 2.05) is 30.3 Å². The second kappa shape index (κ2) is 7.98. The Bertz CT molecular complexity index is 899. The molecule has 0 aliphatic carbocycles. The van der Waals surface area contributed by atoms with Crippen molar-refractivity contribution in [2.75, 3.05) is 23.5 Å². The van der Waals surface area contributed by atoms with Crippen molar-refractivity contribution in [2.24, 2.45) is 0 Å². The van der Waals surface area contributed by atoms with Gasteiger partial charge in [0, 0.05) is 6.54 Å².